The number of anilines is 2. The Labute approximate surface area is 111 Å². The first kappa shape index (κ1) is 12.8. The number of amides is 1. The van der Waals surface area contributed by atoms with E-state index in [1.807, 2.05) is 30.3 Å². The summed E-state index contributed by atoms with van der Waals surface area (Å²) in [6.07, 6.45) is 0. The van der Waals surface area contributed by atoms with Crippen LogP contribution in [-0.4, -0.2) is 12.5 Å². The van der Waals surface area contributed by atoms with Gasteiger partial charge in [0.2, 0.25) is 11.3 Å². The van der Waals surface area contributed by atoms with E-state index in [1.165, 1.54) is 6.07 Å². The zero-order valence-electron chi connectivity index (χ0n) is 10.3. The van der Waals surface area contributed by atoms with Gasteiger partial charge < -0.3 is 10.6 Å². The summed E-state index contributed by atoms with van der Waals surface area (Å²) in [7, 11) is 0. The third-order valence-electron chi connectivity index (χ3n) is 2.50. The highest BCUT2D eigenvalue weighted by molar-refractivity contribution is 5.93. The van der Waals surface area contributed by atoms with Crippen LogP contribution in [0.15, 0.2) is 65.5 Å². The maximum Gasteiger partial charge on any atom is 0.243 e. The van der Waals surface area contributed by atoms with Gasteiger partial charge in [-0.3, -0.25) is 9.59 Å². The zero-order valence-corrected chi connectivity index (χ0v) is 10.3. The summed E-state index contributed by atoms with van der Waals surface area (Å²) >= 11 is 0. The fourth-order valence-corrected chi connectivity index (χ4v) is 1.57. The van der Waals surface area contributed by atoms with Gasteiger partial charge in [-0.25, -0.2) is 0 Å². The number of hydrogen-bond donors (Lipinski definition) is 2. The quantitative estimate of drug-likeness (QED) is 0.878. The van der Waals surface area contributed by atoms with Gasteiger partial charge in [-0.2, -0.15) is 0 Å². The first-order valence-corrected chi connectivity index (χ1v) is 5.94. The molecule has 0 atom stereocenters. The van der Waals surface area contributed by atoms with E-state index in [9.17, 15) is 9.59 Å². The lowest BCUT2D eigenvalue weighted by Crippen LogP contribution is -2.24. The molecule has 0 saturated heterocycles. The van der Waals surface area contributed by atoms with Gasteiger partial charge in [0.15, 0.2) is 0 Å². The van der Waals surface area contributed by atoms with Gasteiger partial charge in [-0.05, 0) is 24.3 Å². The minimum absolute atomic E-state index is 0.113. The largest absolute Gasteiger partial charge is 0.376 e. The highest BCUT2D eigenvalue weighted by Crippen LogP contribution is 2.04. The molecule has 4 heteroatoms. The zero-order chi connectivity index (χ0) is 13.5. The van der Waals surface area contributed by atoms with Crippen molar-refractivity contribution >= 4 is 17.3 Å². The first-order chi connectivity index (χ1) is 9.25. The van der Waals surface area contributed by atoms with Gasteiger partial charge in [-0.15, -0.1) is 0 Å². The minimum Gasteiger partial charge on any atom is -0.376 e. The summed E-state index contributed by atoms with van der Waals surface area (Å²) in [6, 6.07) is 17.5. The summed E-state index contributed by atoms with van der Waals surface area (Å²) in [6.45, 7) is 0.113. The molecule has 0 heterocycles. The third-order valence-corrected chi connectivity index (χ3v) is 2.50. The Kier molecular flexibility index (Phi) is 4.29. The molecule has 2 rings (SSSR count). The molecule has 1 amide bonds. The number of hydrogen-bond acceptors (Lipinski definition) is 3. The second-order valence-corrected chi connectivity index (χ2v) is 3.96. The molecule has 0 fully saturated rings. The van der Waals surface area contributed by atoms with Gasteiger partial charge in [0.05, 0.1) is 12.2 Å². The molecule has 2 aromatic rings. The molecule has 2 aromatic carbocycles. The van der Waals surface area contributed by atoms with E-state index in [0.29, 0.717) is 0 Å². The molecule has 96 valence electrons. The molecular formula is C15H14N2O2. The molecule has 2 N–H and O–H groups in total. The van der Waals surface area contributed by atoms with E-state index in [4.69, 9.17) is 0 Å². The lowest BCUT2D eigenvalue weighted by Gasteiger charge is -2.06. The second kappa shape index (κ2) is 6.35. The van der Waals surface area contributed by atoms with Crippen LogP contribution < -0.4 is 16.1 Å². The fourth-order valence-electron chi connectivity index (χ4n) is 1.57. The average molecular weight is 254 g/mol. The van der Waals surface area contributed by atoms with Crippen molar-refractivity contribution in [3.8, 4) is 0 Å². The maximum atomic E-state index is 11.7. The monoisotopic (exact) mass is 254 g/mol. The topological polar surface area (TPSA) is 58.2 Å². The number of carbonyl (C=O) groups is 1. The molecule has 4 nitrogen and oxygen atoms in total. The van der Waals surface area contributed by atoms with Crippen molar-refractivity contribution in [2.24, 2.45) is 0 Å². The molecule has 0 aliphatic heterocycles. The molecule has 0 aliphatic carbocycles. The summed E-state index contributed by atoms with van der Waals surface area (Å²) < 4.78 is 0. The van der Waals surface area contributed by atoms with Crippen molar-refractivity contribution < 1.29 is 4.79 Å². The van der Waals surface area contributed by atoms with Crippen LogP contribution in [0.1, 0.15) is 0 Å². The Balaban J connectivity index is 1.95. The lowest BCUT2D eigenvalue weighted by molar-refractivity contribution is -0.114. The van der Waals surface area contributed by atoms with Gasteiger partial charge >= 0.3 is 0 Å². The van der Waals surface area contributed by atoms with Crippen molar-refractivity contribution in [3.05, 3.63) is 70.9 Å². The highest BCUT2D eigenvalue weighted by Gasteiger charge is 2.03. The molecule has 0 saturated carbocycles. The normalized spacial score (nSPS) is 9.68. The Hall–Kier alpha value is -2.62. The minimum atomic E-state index is -0.257. The van der Waals surface area contributed by atoms with Gasteiger partial charge in [-0.1, -0.05) is 36.4 Å². The Morgan fingerprint density at radius 3 is 2.26 bits per heavy atom. The smallest absolute Gasteiger partial charge is 0.243 e. The Morgan fingerprint density at radius 1 is 0.895 bits per heavy atom. The van der Waals surface area contributed by atoms with Crippen LogP contribution in [-0.2, 0) is 4.79 Å². The predicted octanol–water partition coefficient (Wildman–Crippen LogP) is 2.10. The van der Waals surface area contributed by atoms with E-state index in [-0.39, 0.29) is 23.6 Å². The molecule has 0 unspecified atom stereocenters. The van der Waals surface area contributed by atoms with Crippen molar-refractivity contribution in [2.75, 3.05) is 17.2 Å². The number of carbonyl (C=O) groups excluding carboxylic acids is 1. The van der Waals surface area contributed by atoms with Crippen LogP contribution >= 0.6 is 0 Å². The van der Waals surface area contributed by atoms with Gasteiger partial charge in [0.25, 0.3) is 0 Å². The Bertz CT molecular complexity index is 612. The van der Waals surface area contributed by atoms with E-state index in [0.717, 1.165) is 5.69 Å². The van der Waals surface area contributed by atoms with E-state index in [2.05, 4.69) is 10.6 Å². The third kappa shape index (κ3) is 3.96. The summed E-state index contributed by atoms with van der Waals surface area (Å²) in [5.41, 5.74) is 0.932. The maximum absolute atomic E-state index is 11.7. The molecular weight excluding hydrogens is 240 g/mol. The first-order valence-electron chi connectivity index (χ1n) is 5.94. The SMILES string of the molecule is O=C(CNc1ccccc1)Nc1cccccc1=O. The standard InChI is InChI=1S/C15H14N2O2/c18-14-10-6-2-5-9-13(14)17-15(19)11-16-12-7-3-1-4-8-12/h1-10,16H,11H2,(H,17,18,19). The number of benzene rings is 1. The van der Waals surface area contributed by atoms with E-state index >= 15 is 0 Å². The number of para-hydroxylation sites is 1. The van der Waals surface area contributed by atoms with Gasteiger partial charge in [0.1, 0.15) is 0 Å². The number of rotatable bonds is 4. The van der Waals surface area contributed by atoms with E-state index in [1.54, 1.807) is 24.3 Å². The molecule has 0 aliphatic rings. The number of nitrogens with one attached hydrogen (secondary N) is 2. The van der Waals surface area contributed by atoms with Crippen LogP contribution in [0.2, 0.25) is 0 Å². The Morgan fingerprint density at radius 2 is 1.53 bits per heavy atom. The van der Waals surface area contributed by atoms with Gasteiger partial charge in [0, 0.05) is 5.69 Å². The van der Waals surface area contributed by atoms with Crippen LogP contribution in [0, 0.1) is 0 Å². The van der Waals surface area contributed by atoms with Crippen LogP contribution in [0.3, 0.4) is 0 Å². The van der Waals surface area contributed by atoms with Crippen LogP contribution in [0.25, 0.3) is 0 Å². The average Bonchev–Trinajstić information content (AvgIpc) is 2.63. The summed E-state index contributed by atoms with van der Waals surface area (Å²) in [4.78, 5) is 23.3. The molecule has 0 spiro atoms. The summed E-state index contributed by atoms with van der Waals surface area (Å²) in [5.74, 6) is -0.257. The van der Waals surface area contributed by atoms with Crippen molar-refractivity contribution in [3.63, 3.8) is 0 Å². The van der Waals surface area contributed by atoms with Crippen molar-refractivity contribution in [1.82, 2.24) is 0 Å². The predicted molar refractivity (Wildman–Crippen MR) is 76.3 cm³/mol. The second-order valence-electron chi connectivity index (χ2n) is 3.96. The molecule has 19 heavy (non-hydrogen) atoms. The molecule has 0 radical (unpaired) electrons. The van der Waals surface area contributed by atoms with Crippen LogP contribution in [0.5, 0.6) is 0 Å². The van der Waals surface area contributed by atoms with Crippen molar-refractivity contribution in [1.29, 1.82) is 0 Å². The lowest BCUT2D eigenvalue weighted by atomic mass is 10.3. The fraction of sp³-hybridized carbons (Fsp3) is 0.0667. The highest BCUT2D eigenvalue weighted by atomic mass is 16.2. The van der Waals surface area contributed by atoms with E-state index < -0.39 is 0 Å². The van der Waals surface area contributed by atoms with Crippen molar-refractivity contribution in [2.45, 2.75) is 0 Å². The molecule has 0 bridgehead atoms. The molecule has 0 aromatic heterocycles. The summed E-state index contributed by atoms with van der Waals surface area (Å²) in [5, 5.41) is 5.56. The van der Waals surface area contributed by atoms with Crippen LogP contribution in [0.4, 0.5) is 11.4 Å².